The lowest BCUT2D eigenvalue weighted by molar-refractivity contribution is -0.134. The van der Waals surface area contributed by atoms with E-state index in [9.17, 15) is 14.0 Å². The lowest BCUT2D eigenvalue weighted by Gasteiger charge is -2.36. The maximum absolute atomic E-state index is 13.2. The quantitative estimate of drug-likeness (QED) is 0.886. The number of amides is 2. The summed E-state index contributed by atoms with van der Waals surface area (Å²) >= 11 is 0. The third-order valence-corrected chi connectivity index (χ3v) is 5.49. The topological polar surface area (TPSA) is 52.7 Å². The molecular weight excluding hydrogens is 357 g/mol. The zero-order valence-electron chi connectivity index (χ0n) is 15.9. The Morgan fingerprint density at radius 3 is 2.46 bits per heavy atom. The summed E-state index contributed by atoms with van der Waals surface area (Å²) in [6, 6.07) is 14.2. The first-order valence-electron chi connectivity index (χ1n) is 9.68. The number of nitrogens with zero attached hydrogens (tertiary/aromatic N) is 2. The lowest BCUT2D eigenvalue weighted by atomic mass is 10.2. The number of halogens is 1. The van der Waals surface area contributed by atoms with Crippen LogP contribution in [0.15, 0.2) is 48.5 Å². The SMILES string of the molecule is Cc1cccc(N2CCN(C(=O)C3CC3C(=O)Nc3cccc(F)c3)CC2)c1. The second kappa shape index (κ2) is 7.62. The second-order valence-corrected chi connectivity index (χ2v) is 7.60. The predicted molar refractivity (Wildman–Crippen MR) is 107 cm³/mol. The van der Waals surface area contributed by atoms with E-state index in [1.165, 1.54) is 23.4 Å². The maximum Gasteiger partial charge on any atom is 0.228 e. The second-order valence-electron chi connectivity index (χ2n) is 7.60. The monoisotopic (exact) mass is 381 g/mol. The number of anilines is 2. The molecule has 2 aromatic rings. The Labute approximate surface area is 164 Å². The van der Waals surface area contributed by atoms with Crippen LogP contribution in [0.3, 0.4) is 0 Å². The molecule has 1 heterocycles. The summed E-state index contributed by atoms with van der Waals surface area (Å²) in [5.41, 5.74) is 2.84. The minimum Gasteiger partial charge on any atom is -0.368 e. The first-order valence-corrected chi connectivity index (χ1v) is 9.68. The smallest absolute Gasteiger partial charge is 0.228 e. The highest BCUT2D eigenvalue weighted by Crippen LogP contribution is 2.41. The Morgan fingerprint density at radius 2 is 1.75 bits per heavy atom. The summed E-state index contributed by atoms with van der Waals surface area (Å²) in [5.74, 6) is -1.11. The zero-order valence-corrected chi connectivity index (χ0v) is 15.9. The standard InChI is InChI=1S/C22H24FN3O2/c1-15-4-2-7-18(12-15)25-8-10-26(11-9-25)22(28)20-14-19(20)21(27)24-17-6-3-5-16(23)13-17/h2-7,12-13,19-20H,8-11,14H2,1H3,(H,24,27). The first-order chi connectivity index (χ1) is 13.5. The minimum absolute atomic E-state index is 0.0586. The number of piperazine rings is 1. The third-order valence-electron chi connectivity index (χ3n) is 5.49. The Morgan fingerprint density at radius 1 is 1.00 bits per heavy atom. The van der Waals surface area contributed by atoms with Crippen molar-refractivity contribution in [2.24, 2.45) is 11.8 Å². The van der Waals surface area contributed by atoms with Crippen molar-refractivity contribution in [3.8, 4) is 0 Å². The molecule has 2 atom stereocenters. The summed E-state index contributed by atoms with van der Waals surface area (Å²) < 4.78 is 13.2. The van der Waals surface area contributed by atoms with Gasteiger partial charge >= 0.3 is 0 Å². The summed E-state index contributed by atoms with van der Waals surface area (Å²) in [6.07, 6.45) is 0.568. The Bertz CT molecular complexity index is 893. The molecule has 1 saturated carbocycles. The summed E-state index contributed by atoms with van der Waals surface area (Å²) in [6.45, 7) is 5.00. The molecule has 1 aliphatic heterocycles. The fraction of sp³-hybridized carbons (Fsp3) is 0.364. The van der Waals surface area contributed by atoms with Crippen molar-refractivity contribution in [2.45, 2.75) is 13.3 Å². The Balaban J connectivity index is 1.29. The van der Waals surface area contributed by atoms with Gasteiger partial charge in [-0.2, -0.15) is 0 Å². The highest BCUT2D eigenvalue weighted by atomic mass is 19.1. The van der Waals surface area contributed by atoms with Gasteiger partial charge in [-0.25, -0.2) is 4.39 Å². The number of benzene rings is 2. The average molecular weight is 381 g/mol. The van der Waals surface area contributed by atoms with Crippen molar-refractivity contribution < 1.29 is 14.0 Å². The van der Waals surface area contributed by atoms with Crippen molar-refractivity contribution >= 4 is 23.2 Å². The Kier molecular flexibility index (Phi) is 5.03. The largest absolute Gasteiger partial charge is 0.368 e. The van der Waals surface area contributed by atoms with E-state index < -0.39 is 5.82 Å². The number of hydrogen-bond acceptors (Lipinski definition) is 3. The molecule has 4 rings (SSSR count). The third kappa shape index (κ3) is 4.01. The van der Waals surface area contributed by atoms with Crippen molar-refractivity contribution in [1.82, 2.24) is 4.90 Å². The molecule has 146 valence electrons. The number of rotatable bonds is 4. The molecule has 5 nitrogen and oxygen atoms in total. The fourth-order valence-corrected chi connectivity index (χ4v) is 3.80. The number of carbonyl (C=O) groups excluding carboxylic acids is 2. The van der Waals surface area contributed by atoms with E-state index in [2.05, 4.69) is 35.3 Å². The van der Waals surface area contributed by atoms with Gasteiger partial charge in [-0.15, -0.1) is 0 Å². The molecule has 2 amide bonds. The van der Waals surface area contributed by atoms with Gasteiger partial charge in [-0.05, 0) is 49.2 Å². The number of nitrogens with one attached hydrogen (secondary N) is 1. The van der Waals surface area contributed by atoms with Gasteiger partial charge in [0.25, 0.3) is 0 Å². The van der Waals surface area contributed by atoms with Crippen LogP contribution in [0.1, 0.15) is 12.0 Å². The molecule has 2 fully saturated rings. The maximum atomic E-state index is 13.2. The molecule has 1 saturated heterocycles. The molecule has 1 aliphatic carbocycles. The summed E-state index contributed by atoms with van der Waals surface area (Å²) in [7, 11) is 0. The molecule has 2 aliphatic rings. The van der Waals surface area contributed by atoms with Gasteiger partial charge in [0.2, 0.25) is 11.8 Å². The summed E-state index contributed by atoms with van der Waals surface area (Å²) in [4.78, 5) is 29.2. The minimum atomic E-state index is -0.396. The molecule has 6 heteroatoms. The van der Waals surface area contributed by atoms with Gasteiger partial charge in [-0.3, -0.25) is 9.59 Å². The zero-order chi connectivity index (χ0) is 19.7. The van der Waals surface area contributed by atoms with Gasteiger partial charge in [0.15, 0.2) is 0 Å². The van der Waals surface area contributed by atoms with Crippen LogP contribution < -0.4 is 10.2 Å². The van der Waals surface area contributed by atoms with Crippen LogP contribution in [-0.2, 0) is 9.59 Å². The molecule has 0 aromatic heterocycles. The predicted octanol–water partition coefficient (Wildman–Crippen LogP) is 3.06. The van der Waals surface area contributed by atoms with E-state index in [0.29, 0.717) is 25.2 Å². The van der Waals surface area contributed by atoms with Crippen LogP contribution in [-0.4, -0.2) is 42.9 Å². The van der Waals surface area contributed by atoms with Gasteiger partial charge in [0, 0.05) is 37.6 Å². The summed E-state index contributed by atoms with van der Waals surface area (Å²) in [5, 5.41) is 2.71. The molecule has 2 unspecified atom stereocenters. The number of aryl methyl sites for hydroxylation is 1. The lowest BCUT2D eigenvalue weighted by Crippen LogP contribution is -2.49. The molecule has 2 aromatic carbocycles. The van der Waals surface area contributed by atoms with E-state index in [-0.39, 0.29) is 23.7 Å². The van der Waals surface area contributed by atoms with Crippen LogP contribution in [0.2, 0.25) is 0 Å². The molecule has 0 spiro atoms. The van der Waals surface area contributed by atoms with Crippen LogP contribution in [0.25, 0.3) is 0 Å². The van der Waals surface area contributed by atoms with Gasteiger partial charge in [0.05, 0.1) is 11.8 Å². The number of carbonyl (C=O) groups is 2. The van der Waals surface area contributed by atoms with Crippen LogP contribution in [0.5, 0.6) is 0 Å². The van der Waals surface area contributed by atoms with Gasteiger partial charge < -0.3 is 15.1 Å². The molecular formula is C22H24FN3O2. The van der Waals surface area contributed by atoms with Crippen molar-refractivity contribution in [1.29, 1.82) is 0 Å². The van der Waals surface area contributed by atoms with Crippen LogP contribution in [0.4, 0.5) is 15.8 Å². The highest BCUT2D eigenvalue weighted by Gasteiger charge is 2.49. The van der Waals surface area contributed by atoms with Crippen molar-refractivity contribution in [3.63, 3.8) is 0 Å². The fourth-order valence-electron chi connectivity index (χ4n) is 3.80. The molecule has 0 bridgehead atoms. The van der Waals surface area contributed by atoms with E-state index in [0.717, 1.165) is 13.1 Å². The van der Waals surface area contributed by atoms with E-state index >= 15 is 0 Å². The van der Waals surface area contributed by atoms with Crippen LogP contribution >= 0.6 is 0 Å². The van der Waals surface area contributed by atoms with Crippen molar-refractivity contribution in [2.75, 3.05) is 36.4 Å². The Hall–Kier alpha value is -2.89. The average Bonchev–Trinajstić information content (AvgIpc) is 3.49. The molecule has 1 N–H and O–H groups in total. The molecule has 28 heavy (non-hydrogen) atoms. The van der Waals surface area contributed by atoms with Gasteiger partial charge in [-0.1, -0.05) is 18.2 Å². The van der Waals surface area contributed by atoms with E-state index in [4.69, 9.17) is 0 Å². The first kappa shape index (κ1) is 18.5. The van der Waals surface area contributed by atoms with Crippen LogP contribution in [0, 0.1) is 24.6 Å². The van der Waals surface area contributed by atoms with E-state index in [1.807, 2.05) is 11.0 Å². The number of hydrogen-bond donors (Lipinski definition) is 1. The molecule has 0 radical (unpaired) electrons. The van der Waals surface area contributed by atoms with Gasteiger partial charge in [0.1, 0.15) is 5.82 Å². The van der Waals surface area contributed by atoms with Crippen molar-refractivity contribution in [3.05, 3.63) is 59.9 Å². The highest BCUT2D eigenvalue weighted by molar-refractivity contribution is 5.99. The normalized spacial score (nSPS) is 21.4. The van der Waals surface area contributed by atoms with E-state index in [1.54, 1.807) is 12.1 Å².